The fraction of sp³-hybridized carbons (Fsp3) is 0.231. The molecule has 0 spiro atoms. The molecule has 0 bridgehead atoms. The fourth-order valence-electron chi connectivity index (χ4n) is 1.65. The number of methoxy groups -OCH3 is 1. The second-order valence-corrected chi connectivity index (χ2v) is 6.89. The zero-order chi connectivity index (χ0) is 13.9. The average molecular weight is 297 g/mol. The van der Waals surface area contributed by atoms with Crippen molar-refractivity contribution in [2.75, 3.05) is 14.2 Å². The van der Waals surface area contributed by atoms with Gasteiger partial charge in [0.25, 0.3) is 0 Å². The van der Waals surface area contributed by atoms with Gasteiger partial charge in [0.15, 0.2) is 0 Å². The molecule has 0 aliphatic carbocycles. The Balaban J connectivity index is 2.20. The number of hydrogen-bond acceptors (Lipinski definition) is 4. The Labute approximate surface area is 117 Å². The second-order valence-electron chi connectivity index (χ2n) is 4.07. The number of rotatable bonds is 5. The van der Waals surface area contributed by atoms with Gasteiger partial charge in [-0.25, -0.2) is 8.42 Å². The molecule has 0 unspecified atom stereocenters. The summed E-state index contributed by atoms with van der Waals surface area (Å²) in [4.78, 5) is 0.269. The Hall–Kier alpha value is -1.37. The van der Waals surface area contributed by atoms with Crippen molar-refractivity contribution >= 4 is 21.4 Å². The molecule has 1 aromatic carbocycles. The number of benzene rings is 1. The third-order valence-corrected chi connectivity index (χ3v) is 5.30. The number of sulfonamides is 1. The van der Waals surface area contributed by atoms with Crippen LogP contribution in [-0.4, -0.2) is 26.9 Å². The molecule has 0 fully saturated rings. The molecule has 0 atom stereocenters. The van der Waals surface area contributed by atoms with Crippen molar-refractivity contribution in [2.45, 2.75) is 11.4 Å². The van der Waals surface area contributed by atoms with E-state index in [1.807, 2.05) is 16.8 Å². The van der Waals surface area contributed by atoms with Crippen molar-refractivity contribution in [2.24, 2.45) is 0 Å². The molecule has 4 nitrogen and oxygen atoms in total. The van der Waals surface area contributed by atoms with E-state index in [4.69, 9.17) is 4.74 Å². The van der Waals surface area contributed by atoms with Crippen LogP contribution in [-0.2, 0) is 16.6 Å². The lowest BCUT2D eigenvalue weighted by Crippen LogP contribution is -2.26. The lowest BCUT2D eigenvalue weighted by molar-refractivity contribution is 0.414. The predicted molar refractivity (Wildman–Crippen MR) is 76.0 cm³/mol. The van der Waals surface area contributed by atoms with Crippen LogP contribution in [0.2, 0.25) is 0 Å². The molecule has 6 heteroatoms. The maximum Gasteiger partial charge on any atom is 0.243 e. The summed E-state index contributed by atoms with van der Waals surface area (Å²) in [5, 5.41) is 3.88. The summed E-state index contributed by atoms with van der Waals surface area (Å²) in [5.41, 5.74) is 0.990. The molecular formula is C13H15NO3S2. The van der Waals surface area contributed by atoms with Crippen LogP contribution in [0.15, 0.2) is 46.0 Å². The Kier molecular flexibility index (Phi) is 4.24. The highest BCUT2D eigenvalue weighted by Gasteiger charge is 2.20. The molecule has 2 rings (SSSR count). The molecule has 19 heavy (non-hydrogen) atoms. The Morgan fingerprint density at radius 1 is 1.21 bits per heavy atom. The summed E-state index contributed by atoms with van der Waals surface area (Å²) >= 11 is 1.55. The topological polar surface area (TPSA) is 46.6 Å². The molecule has 0 aliphatic heterocycles. The first kappa shape index (κ1) is 14.0. The van der Waals surface area contributed by atoms with Crippen LogP contribution >= 0.6 is 11.3 Å². The van der Waals surface area contributed by atoms with E-state index < -0.39 is 10.0 Å². The van der Waals surface area contributed by atoms with Gasteiger partial charge >= 0.3 is 0 Å². The van der Waals surface area contributed by atoms with Gasteiger partial charge in [0, 0.05) is 13.6 Å². The van der Waals surface area contributed by atoms with Gasteiger partial charge in [-0.1, -0.05) is 0 Å². The first-order chi connectivity index (χ1) is 9.04. The summed E-state index contributed by atoms with van der Waals surface area (Å²) < 4.78 is 31.1. The van der Waals surface area contributed by atoms with E-state index in [9.17, 15) is 8.42 Å². The van der Waals surface area contributed by atoms with E-state index in [0.29, 0.717) is 12.3 Å². The fourth-order valence-corrected chi connectivity index (χ4v) is 3.47. The van der Waals surface area contributed by atoms with Gasteiger partial charge in [-0.15, -0.1) is 0 Å². The van der Waals surface area contributed by atoms with E-state index in [1.165, 1.54) is 4.31 Å². The van der Waals surface area contributed by atoms with Gasteiger partial charge in [0.2, 0.25) is 10.0 Å². The summed E-state index contributed by atoms with van der Waals surface area (Å²) in [7, 11) is -0.329. The molecule has 0 N–H and O–H groups in total. The van der Waals surface area contributed by atoms with Gasteiger partial charge in [-0.3, -0.25) is 0 Å². The number of hydrogen-bond donors (Lipinski definition) is 0. The maximum absolute atomic E-state index is 12.3. The second kappa shape index (κ2) is 5.73. The van der Waals surface area contributed by atoms with Crippen molar-refractivity contribution in [3.8, 4) is 5.75 Å². The van der Waals surface area contributed by atoms with Gasteiger partial charge in [-0.05, 0) is 46.7 Å². The zero-order valence-corrected chi connectivity index (χ0v) is 12.4. The molecule has 0 aliphatic rings. The molecule has 2 aromatic rings. The van der Waals surface area contributed by atoms with Crippen molar-refractivity contribution in [3.63, 3.8) is 0 Å². The smallest absolute Gasteiger partial charge is 0.243 e. The highest BCUT2D eigenvalue weighted by Crippen LogP contribution is 2.20. The third-order valence-electron chi connectivity index (χ3n) is 2.75. The van der Waals surface area contributed by atoms with Crippen LogP contribution in [0.4, 0.5) is 0 Å². The summed E-state index contributed by atoms with van der Waals surface area (Å²) in [6.45, 7) is 0.373. The lowest BCUT2D eigenvalue weighted by Gasteiger charge is -2.16. The van der Waals surface area contributed by atoms with E-state index in [1.54, 1.807) is 49.8 Å². The van der Waals surface area contributed by atoms with E-state index >= 15 is 0 Å². The van der Waals surface area contributed by atoms with Crippen molar-refractivity contribution in [1.82, 2.24) is 4.31 Å². The van der Waals surface area contributed by atoms with Crippen LogP contribution in [0.1, 0.15) is 5.56 Å². The van der Waals surface area contributed by atoms with Gasteiger partial charge < -0.3 is 4.74 Å². The van der Waals surface area contributed by atoms with E-state index in [2.05, 4.69) is 0 Å². The van der Waals surface area contributed by atoms with E-state index in [0.717, 1.165) is 5.56 Å². The minimum absolute atomic E-state index is 0.269. The standard InChI is InChI=1S/C13H15NO3S2/c1-14(9-11-7-8-18-10-11)19(15,16)13-5-3-12(17-2)4-6-13/h3-8,10H,9H2,1-2H3. The first-order valence-corrected chi connectivity index (χ1v) is 8.04. The highest BCUT2D eigenvalue weighted by atomic mass is 32.2. The quantitative estimate of drug-likeness (QED) is 0.852. The largest absolute Gasteiger partial charge is 0.497 e. The molecule has 0 saturated heterocycles. The van der Waals surface area contributed by atoms with E-state index in [-0.39, 0.29) is 4.90 Å². The highest BCUT2D eigenvalue weighted by molar-refractivity contribution is 7.89. The summed E-state index contributed by atoms with van der Waals surface area (Å²) in [6.07, 6.45) is 0. The predicted octanol–water partition coefficient (Wildman–Crippen LogP) is 2.58. The van der Waals surface area contributed by atoms with Crippen LogP contribution in [0.25, 0.3) is 0 Å². The molecule has 1 heterocycles. The maximum atomic E-state index is 12.3. The average Bonchev–Trinajstić information content (AvgIpc) is 2.91. The van der Waals surface area contributed by atoms with Crippen LogP contribution < -0.4 is 4.74 Å². The van der Waals surface area contributed by atoms with Gasteiger partial charge in [-0.2, -0.15) is 15.6 Å². The van der Waals surface area contributed by atoms with Crippen LogP contribution in [0.5, 0.6) is 5.75 Å². The zero-order valence-electron chi connectivity index (χ0n) is 10.7. The van der Waals surface area contributed by atoms with Crippen molar-refractivity contribution < 1.29 is 13.2 Å². The first-order valence-electron chi connectivity index (χ1n) is 5.65. The van der Waals surface area contributed by atoms with Crippen molar-refractivity contribution in [3.05, 3.63) is 46.7 Å². The Bertz CT molecular complexity index is 618. The summed E-state index contributed by atoms with van der Waals surface area (Å²) in [5.74, 6) is 0.638. The Morgan fingerprint density at radius 2 is 1.89 bits per heavy atom. The van der Waals surface area contributed by atoms with Crippen LogP contribution in [0.3, 0.4) is 0 Å². The Morgan fingerprint density at radius 3 is 2.42 bits per heavy atom. The normalized spacial score (nSPS) is 11.7. The number of ether oxygens (including phenoxy) is 1. The molecule has 0 saturated carbocycles. The lowest BCUT2D eigenvalue weighted by atomic mass is 10.3. The molecular weight excluding hydrogens is 282 g/mol. The van der Waals surface area contributed by atoms with Gasteiger partial charge in [0.05, 0.1) is 12.0 Å². The molecule has 1 aromatic heterocycles. The van der Waals surface area contributed by atoms with Gasteiger partial charge in [0.1, 0.15) is 5.75 Å². The SMILES string of the molecule is COc1ccc(S(=O)(=O)N(C)Cc2ccsc2)cc1. The monoisotopic (exact) mass is 297 g/mol. The number of nitrogens with zero attached hydrogens (tertiary/aromatic N) is 1. The summed E-state index contributed by atoms with van der Waals surface area (Å²) in [6, 6.07) is 8.32. The third kappa shape index (κ3) is 3.15. The number of thiophene rings is 1. The molecule has 0 radical (unpaired) electrons. The van der Waals surface area contributed by atoms with Crippen LogP contribution in [0, 0.1) is 0 Å². The van der Waals surface area contributed by atoms with Crippen molar-refractivity contribution in [1.29, 1.82) is 0 Å². The molecule has 0 amide bonds. The minimum atomic E-state index is -3.46. The minimum Gasteiger partial charge on any atom is -0.497 e. The molecule has 102 valence electrons.